The van der Waals surface area contributed by atoms with Crippen molar-refractivity contribution in [1.29, 1.82) is 0 Å². The van der Waals surface area contributed by atoms with Crippen molar-refractivity contribution in [3.63, 3.8) is 0 Å². The Hall–Kier alpha value is -2.97. The molecule has 0 bridgehead atoms. The van der Waals surface area contributed by atoms with Crippen molar-refractivity contribution in [2.24, 2.45) is 13.0 Å². The Morgan fingerprint density at radius 2 is 1.96 bits per heavy atom. The molecule has 3 aromatic heterocycles. The normalized spacial score (nSPS) is 18.1. The quantitative estimate of drug-likeness (QED) is 0.724. The summed E-state index contributed by atoms with van der Waals surface area (Å²) >= 11 is 0. The fourth-order valence-electron chi connectivity index (χ4n) is 3.96. The number of aryl methyl sites for hydroxylation is 1. The Kier molecular flexibility index (Phi) is 4.03. The lowest BCUT2D eigenvalue weighted by Gasteiger charge is -2.32. The van der Waals surface area contributed by atoms with Gasteiger partial charge < -0.3 is 4.90 Å². The third-order valence-electron chi connectivity index (χ3n) is 5.85. The summed E-state index contributed by atoms with van der Waals surface area (Å²) in [5, 5.41) is 4.61. The zero-order valence-electron chi connectivity index (χ0n) is 15.8. The molecular weight excluding hydrogens is 358 g/mol. The molecule has 0 aromatic carbocycles. The minimum atomic E-state index is -0.163. The van der Waals surface area contributed by atoms with Gasteiger partial charge in [0.25, 0.3) is 11.1 Å². The predicted octanol–water partition coefficient (Wildman–Crippen LogP) is 1.01. The van der Waals surface area contributed by atoms with E-state index in [0.29, 0.717) is 35.4 Å². The summed E-state index contributed by atoms with van der Waals surface area (Å²) in [6.07, 6.45) is 7.41. The lowest BCUT2D eigenvalue weighted by Crippen LogP contribution is -2.38. The van der Waals surface area contributed by atoms with Crippen LogP contribution in [0.1, 0.15) is 37.3 Å². The van der Waals surface area contributed by atoms with Gasteiger partial charge in [0.1, 0.15) is 5.39 Å². The summed E-state index contributed by atoms with van der Waals surface area (Å²) in [5.41, 5.74) is 1.42. The van der Waals surface area contributed by atoms with Crippen LogP contribution in [0.4, 0.5) is 5.95 Å². The summed E-state index contributed by atoms with van der Waals surface area (Å²) in [6, 6.07) is 1.70. The second-order valence-corrected chi connectivity index (χ2v) is 7.90. The molecule has 5 rings (SSSR count). The first-order valence-corrected chi connectivity index (χ1v) is 9.82. The van der Waals surface area contributed by atoms with Crippen molar-refractivity contribution in [3.8, 4) is 0 Å². The number of hydrogen-bond acceptors (Lipinski definition) is 6. The number of piperidine rings is 1. The van der Waals surface area contributed by atoms with Gasteiger partial charge in [0.15, 0.2) is 5.65 Å². The number of aromatic amines is 1. The molecule has 1 aliphatic heterocycles. The summed E-state index contributed by atoms with van der Waals surface area (Å²) in [5.74, 6) is 1.50. The average molecular weight is 381 g/mol. The van der Waals surface area contributed by atoms with Crippen LogP contribution in [0.25, 0.3) is 11.0 Å². The van der Waals surface area contributed by atoms with Crippen LogP contribution in [-0.4, -0.2) is 42.4 Å². The molecule has 28 heavy (non-hydrogen) atoms. The van der Waals surface area contributed by atoms with Crippen molar-refractivity contribution in [2.45, 2.75) is 38.1 Å². The standard InChI is InChI=1S/C19H23N7O2/c1-24-17-14(9-21-24)18(28)23-19(22-17)25-6-4-12(5-7-25)10-26-11-20-15(8-16(26)27)13-2-3-13/h8-9,11-13H,2-7,10H2,1H3,(H,22,23,28). The minimum Gasteiger partial charge on any atom is -0.342 e. The molecule has 0 radical (unpaired) electrons. The Morgan fingerprint density at radius 1 is 1.18 bits per heavy atom. The number of nitrogens with zero attached hydrogens (tertiary/aromatic N) is 6. The minimum absolute atomic E-state index is 0.0481. The molecule has 1 saturated heterocycles. The highest BCUT2D eigenvalue weighted by Gasteiger charge is 2.26. The van der Waals surface area contributed by atoms with Crippen molar-refractivity contribution >= 4 is 17.0 Å². The van der Waals surface area contributed by atoms with E-state index >= 15 is 0 Å². The van der Waals surface area contributed by atoms with Crippen LogP contribution < -0.4 is 16.0 Å². The fourth-order valence-corrected chi connectivity index (χ4v) is 3.96. The zero-order chi connectivity index (χ0) is 19.3. The van der Waals surface area contributed by atoms with Crippen molar-refractivity contribution < 1.29 is 0 Å². The summed E-state index contributed by atoms with van der Waals surface area (Å²) < 4.78 is 3.35. The van der Waals surface area contributed by atoms with Gasteiger partial charge in [-0.25, -0.2) is 4.98 Å². The van der Waals surface area contributed by atoms with Crippen LogP contribution in [-0.2, 0) is 13.6 Å². The Balaban J connectivity index is 1.27. The molecular formula is C19H23N7O2. The molecule has 0 unspecified atom stereocenters. The van der Waals surface area contributed by atoms with E-state index in [-0.39, 0.29) is 11.1 Å². The third kappa shape index (κ3) is 3.10. The van der Waals surface area contributed by atoms with Gasteiger partial charge in [0, 0.05) is 38.7 Å². The molecule has 1 aliphatic carbocycles. The van der Waals surface area contributed by atoms with Gasteiger partial charge in [-0.2, -0.15) is 10.1 Å². The molecule has 4 heterocycles. The fraction of sp³-hybridized carbons (Fsp3) is 0.526. The van der Waals surface area contributed by atoms with Gasteiger partial charge in [-0.05, 0) is 31.6 Å². The molecule has 9 heteroatoms. The number of fused-ring (bicyclic) bond motifs is 1. The van der Waals surface area contributed by atoms with E-state index in [9.17, 15) is 9.59 Å². The number of aromatic nitrogens is 6. The highest BCUT2D eigenvalue weighted by Crippen LogP contribution is 2.38. The molecule has 146 valence electrons. The first kappa shape index (κ1) is 17.2. The van der Waals surface area contributed by atoms with Crippen LogP contribution in [0.3, 0.4) is 0 Å². The number of hydrogen-bond donors (Lipinski definition) is 1. The van der Waals surface area contributed by atoms with E-state index in [1.807, 2.05) is 0 Å². The second-order valence-electron chi connectivity index (χ2n) is 7.90. The maximum atomic E-state index is 12.4. The van der Waals surface area contributed by atoms with Gasteiger partial charge in [0.2, 0.25) is 5.95 Å². The number of anilines is 1. The van der Waals surface area contributed by atoms with E-state index in [0.717, 1.165) is 44.5 Å². The number of nitrogens with one attached hydrogen (secondary N) is 1. The SMILES string of the molecule is Cn1ncc2c(=O)[nH]c(N3CCC(Cn4cnc(C5CC5)cc4=O)CC3)nc21. The Bertz CT molecular complexity index is 1130. The lowest BCUT2D eigenvalue weighted by atomic mass is 9.97. The topological polar surface area (TPSA) is 102 Å². The average Bonchev–Trinajstić information content (AvgIpc) is 3.48. The van der Waals surface area contributed by atoms with Crippen molar-refractivity contribution in [1.82, 2.24) is 29.3 Å². The zero-order valence-corrected chi connectivity index (χ0v) is 15.8. The molecule has 1 N–H and O–H groups in total. The smallest absolute Gasteiger partial charge is 0.263 e. The maximum absolute atomic E-state index is 12.4. The molecule has 0 amide bonds. The molecule has 1 saturated carbocycles. The molecule has 9 nitrogen and oxygen atoms in total. The number of rotatable bonds is 4. The first-order chi connectivity index (χ1) is 13.6. The van der Waals surface area contributed by atoms with Crippen molar-refractivity contribution in [3.05, 3.63) is 45.0 Å². The summed E-state index contributed by atoms with van der Waals surface area (Å²) in [7, 11) is 1.78. The van der Waals surface area contributed by atoms with Gasteiger partial charge >= 0.3 is 0 Å². The lowest BCUT2D eigenvalue weighted by molar-refractivity contribution is 0.349. The predicted molar refractivity (Wildman–Crippen MR) is 105 cm³/mol. The Labute approximate surface area is 161 Å². The van der Waals surface area contributed by atoms with Crippen molar-refractivity contribution in [2.75, 3.05) is 18.0 Å². The molecule has 3 aromatic rings. The van der Waals surface area contributed by atoms with E-state index in [1.165, 1.54) is 6.20 Å². The van der Waals surface area contributed by atoms with Gasteiger partial charge in [-0.1, -0.05) is 0 Å². The van der Waals surface area contributed by atoms with Gasteiger partial charge in [0.05, 0.1) is 18.2 Å². The van der Waals surface area contributed by atoms with Crippen LogP contribution in [0.2, 0.25) is 0 Å². The largest absolute Gasteiger partial charge is 0.342 e. The highest BCUT2D eigenvalue weighted by atomic mass is 16.1. The Morgan fingerprint density at radius 3 is 2.68 bits per heavy atom. The molecule has 0 spiro atoms. The summed E-state index contributed by atoms with van der Waals surface area (Å²) in [4.78, 5) is 38.6. The molecule has 2 fully saturated rings. The van der Waals surface area contributed by atoms with E-state index in [4.69, 9.17) is 0 Å². The van der Waals surface area contributed by atoms with E-state index in [2.05, 4.69) is 25.0 Å². The third-order valence-corrected chi connectivity index (χ3v) is 5.85. The van der Waals surface area contributed by atoms with Crippen LogP contribution in [0.15, 0.2) is 28.2 Å². The monoisotopic (exact) mass is 381 g/mol. The van der Waals surface area contributed by atoms with Crippen LogP contribution >= 0.6 is 0 Å². The highest BCUT2D eigenvalue weighted by molar-refractivity contribution is 5.74. The number of H-pyrrole nitrogens is 1. The summed E-state index contributed by atoms with van der Waals surface area (Å²) in [6.45, 7) is 2.27. The van der Waals surface area contributed by atoms with Gasteiger partial charge in [-0.15, -0.1) is 0 Å². The van der Waals surface area contributed by atoms with E-state index in [1.54, 1.807) is 28.7 Å². The molecule has 0 atom stereocenters. The van der Waals surface area contributed by atoms with Crippen LogP contribution in [0, 0.1) is 5.92 Å². The van der Waals surface area contributed by atoms with Crippen LogP contribution in [0.5, 0.6) is 0 Å². The van der Waals surface area contributed by atoms with Gasteiger partial charge in [-0.3, -0.25) is 23.8 Å². The maximum Gasteiger partial charge on any atom is 0.263 e. The first-order valence-electron chi connectivity index (χ1n) is 9.82. The molecule has 2 aliphatic rings. The van der Waals surface area contributed by atoms with E-state index < -0.39 is 0 Å². The second kappa shape index (κ2) is 6.57.